The highest BCUT2D eigenvalue weighted by Gasteiger charge is 2.11. The van der Waals surface area contributed by atoms with Crippen molar-refractivity contribution < 1.29 is 0 Å². The van der Waals surface area contributed by atoms with Crippen molar-refractivity contribution in [2.45, 2.75) is 103 Å². The fourth-order valence-corrected chi connectivity index (χ4v) is 6.16. The number of aliphatic imine (C=N–C) groups is 1. The number of aryl methyl sites for hydroxylation is 1. The van der Waals surface area contributed by atoms with E-state index in [4.69, 9.17) is 9.98 Å². The molecule has 0 aliphatic rings. The van der Waals surface area contributed by atoms with Crippen molar-refractivity contribution in [1.82, 2.24) is 9.55 Å². The van der Waals surface area contributed by atoms with Crippen molar-refractivity contribution in [3.63, 3.8) is 0 Å². The van der Waals surface area contributed by atoms with E-state index in [1.54, 1.807) is 0 Å². The van der Waals surface area contributed by atoms with Crippen molar-refractivity contribution >= 4 is 44.7 Å². The van der Waals surface area contributed by atoms with E-state index in [0.29, 0.717) is 0 Å². The van der Waals surface area contributed by atoms with Crippen molar-refractivity contribution in [3.8, 4) is 0 Å². The summed E-state index contributed by atoms with van der Waals surface area (Å²) in [5, 5.41) is 4.93. The molecular weight excluding hydrogens is 498 g/mol. The van der Waals surface area contributed by atoms with E-state index in [0.717, 1.165) is 30.0 Å². The van der Waals surface area contributed by atoms with Gasteiger partial charge in [-0.3, -0.25) is 0 Å². The van der Waals surface area contributed by atoms with Gasteiger partial charge in [0.2, 0.25) is 5.95 Å². The van der Waals surface area contributed by atoms with Crippen LogP contribution in [0.3, 0.4) is 0 Å². The van der Waals surface area contributed by atoms with Crippen molar-refractivity contribution in [3.05, 3.63) is 84.4 Å². The fourth-order valence-electron chi connectivity index (χ4n) is 6.16. The lowest BCUT2D eigenvalue weighted by Gasteiger charge is -2.09. The second-order valence-corrected chi connectivity index (χ2v) is 11.6. The van der Waals surface area contributed by atoms with Crippen LogP contribution in [0.1, 0.15) is 102 Å². The Morgan fingerprint density at radius 1 is 0.610 bits per heavy atom. The zero-order valence-corrected chi connectivity index (χ0v) is 25.0. The molecule has 41 heavy (non-hydrogen) atoms. The minimum atomic E-state index is 0.804. The molecule has 0 N–H and O–H groups in total. The van der Waals surface area contributed by atoms with Crippen molar-refractivity contribution in [2.75, 3.05) is 0 Å². The number of aromatic nitrogens is 2. The van der Waals surface area contributed by atoms with E-state index < -0.39 is 0 Å². The van der Waals surface area contributed by atoms with Crippen LogP contribution < -0.4 is 0 Å². The molecule has 5 rings (SSSR count). The second-order valence-electron chi connectivity index (χ2n) is 11.6. The van der Waals surface area contributed by atoms with Gasteiger partial charge in [-0.1, -0.05) is 151 Å². The zero-order chi connectivity index (χ0) is 28.1. The Morgan fingerprint density at radius 3 is 1.73 bits per heavy atom. The van der Waals surface area contributed by atoms with Crippen LogP contribution in [0.15, 0.2) is 83.9 Å². The predicted octanol–water partition coefficient (Wildman–Crippen LogP) is 11.6. The van der Waals surface area contributed by atoms with Gasteiger partial charge in [-0.05, 0) is 46.2 Å². The van der Waals surface area contributed by atoms with Gasteiger partial charge in [-0.25, -0.2) is 9.98 Å². The maximum atomic E-state index is 5.03. The summed E-state index contributed by atoms with van der Waals surface area (Å²) >= 11 is 0. The summed E-state index contributed by atoms with van der Waals surface area (Å²) in [6, 6.07) is 27.9. The molecule has 0 amide bonds. The Bertz CT molecular complexity index is 1490. The molecule has 0 aliphatic heterocycles. The smallest absolute Gasteiger partial charge is 0.230 e. The topological polar surface area (TPSA) is 30.2 Å². The van der Waals surface area contributed by atoms with Crippen LogP contribution in [0.5, 0.6) is 0 Å². The Balaban J connectivity index is 1.17. The van der Waals surface area contributed by atoms with Crippen LogP contribution in [0.25, 0.3) is 32.6 Å². The van der Waals surface area contributed by atoms with E-state index in [1.165, 1.54) is 111 Å². The number of fused-ring (bicyclic) bond motifs is 3. The van der Waals surface area contributed by atoms with Crippen LogP contribution in [0.4, 0.5) is 5.95 Å². The highest BCUT2D eigenvalue weighted by molar-refractivity contribution is 6.13. The molecule has 0 saturated heterocycles. The molecule has 0 aliphatic carbocycles. The molecule has 0 radical (unpaired) electrons. The van der Waals surface area contributed by atoms with Crippen LogP contribution in [0, 0.1) is 0 Å². The lowest BCUT2D eigenvalue weighted by atomic mass is 9.97. The van der Waals surface area contributed by atoms with Gasteiger partial charge in [0.1, 0.15) is 0 Å². The zero-order valence-electron chi connectivity index (χ0n) is 25.0. The SMILES string of the molecule is CCCCCCCCCCCCCCCCn1c(/N=C/c2c3ccccc3cc3ccccc23)nc2ccccc21. The van der Waals surface area contributed by atoms with Gasteiger partial charge in [0.15, 0.2) is 0 Å². The van der Waals surface area contributed by atoms with Crippen molar-refractivity contribution in [2.24, 2.45) is 4.99 Å². The largest absolute Gasteiger partial charge is 0.308 e. The summed E-state index contributed by atoms with van der Waals surface area (Å²) in [7, 11) is 0. The average Bonchev–Trinajstić information content (AvgIpc) is 3.36. The normalized spacial score (nSPS) is 11.9. The van der Waals surface area contributed by atoms with Gasteiger partial charge in [0.05, 0.1) is 11.0 Å². The average molecular weight is 546 g/mol. The summed E-state index contributed by atoms with van der Waals surface area (Å²) in [4.78, 5) is 9.96. The number of para-hydroxylation sites is 2. The third-order valence-electron chi connectivity index (χ3n) is 8.49. The molecule has 1 heterocycles. The van der Waals surface area contributed by atoms with Crippen molar-refractivity contribution in [1.29, 1.82) is 0 Å². The van der Waals surface area contributed by atoms with E-state index in [1.807, 2.05) is 6.21 Å². The van der Waals surface area contributed by atoms with E-state index in [9.17, 15) is 0 Å². The predicted molar refractivity (Wildman–Crippen MR) is 179 cm³/mol. The van der Waals surface area contributed by atoms with Gasteiger partial charge in [0.25, 0.3) is 0 Å². The molecular formula is C38H47N3. The minimum absolute atomic E-state index is 0.804. The maximum Gasteiger partial charge on any atom is 0.230 e. The highest BCUT2D eigenvalue weighted by Crippen LogP contribution is 2.29. The van der Waals surface area contributed by atoms with Gasteiger partial charge < -0.3 is 4.57 Å². The number of hydrogen-bond acceptors (Lipinski definition) is 2. The second kappa shape index (κ2) is 15.5. The molecule has 0 unspecified atom stereocenters. The van der Waals surface area contributed by atoms with Crippen LogP contribution >= 0.6 is 0 Å². The monoisotopic (exact) mass is 545 g/mol. The third kappa shape index (κ3) is 7.85. The molecule has 0 fully saturated rings. The van der Waals surface area contributed by atoms with Crippen LogP contribution in [0.2, 0.25) is 0 Å². The number of benzene rings is 4. The molecule has 214 valence electrons. The minimum Gasteiger partial charge on any atom is -0.308 e. The molecule has 0 atom stereocenters. The molecule has 3 heteroatoms. The van der Waals surface area contributed by atoms with Gasteiger partial charge >= 0.3 is 0 Å². The van der Waals surface area contributed by atoms with Gasteiger partial charge in [0, 0.05) is 18.3 Å². The molecule has 4 aromatic carbocycles. The molecule has 0 saturated carbocycles. The maximum absolute atomic E-state index is 5.03. The highest BCUT2D eigenvalue weighted by atomic mass is 15.2. The number of imidazole rings is 1. The summed E-state index contributed by atoms with van der Waals surface area (Å²) in [6.45, 7) is 3.25. The first-order valence-electron chi connectivity index (χ1n) is 16.2. The third-order valence-corrected chi connectivity index (χ3v) is 8.49. The standard InChI is InChI=1S/C38H47N3/c1-2-3-4-5-6-7-8-9-10-11-12-13-14-21-28-41-37-27-20-19-26-36(37)40-38(41)39-30-35-33-24-17-15-22-31(33)29-32-23-16-18-25-34(32)35/h15-20,22-27,29-30H,2-14,21,28H2,1H3/b39-30+. The first kappa shape index (κ1) is 29.0. The fraction of sp³-hybridized carbons (Fsp3) is 0.421. The lowest BCUT2D eigenvalue weighted by Crippen LogP contribution is -1.98. The number of unbranched alkanes of at least 4 members (excludes halogenated alkanes) is 13. The Hall–Kier alpha value is -3.46. The number of hydrogen-bond donors (Lipinski definition) is 0. The van der Waals surface area contributed by atoms with E-state index in [2.05, 4.69) is 90.4 Å². The Kier molecular flexibility index (Phi) is 11.0. The molecule has 0 spiro atoms. The first-order chi connectivity index (χ1) is 20.3. The molecule has 3 nitrogen and oxygen atoms in total. The summed E-state index contributed by atoms with van der Waals surface area (Å²) in [6.07, 6.45) is 21.3. The summed E-state index contributed by atoms with van der Waals surface area (Å²) in [5.74, 6) is 0.804. The Morgan fingerprint density at radius 2 is 1.12 bits per heavy atom. The van der Waals surface area contributed by atoms with Gasteiger partial charge in [-0.2, -0.15) is 0 Å². The Labute approximate surface area is 246 Å². The van der Waals surface area contributed by atoms with E-state index >= 15 is 0 Å². The molecule has 5 aromatic rings. The van der Waals surface area contributed by atoms with Crippen LogP contribution in [-0.2, 0) is 6.54 Å². The van der Waals surface area contributed by atoms with E-state index in [-0.39, 0.29) is 0 Å². The number of rotatable bonds is 17. The quantitative estimate of drug-likeness (QED) is 0.0649. The summed E-state index contributed by atoms with van der Waals surface area (Å²) in [5.41, 5.74) is 3.36. The lowest BCUT2D eigenvalue weighted by molar-refractivity contribution is 0.526. The molecule has 0 bridgehead atoms. The first-order valence-corrected chi connectivity index (χ1v) is 16.2. The van der Waals surface area contributed by atoms with Gasteiger partial charge in [-0.15, -0.1) is 0 Å². The summed E-state index contributed by atoms with van der Waals surface area (Å²) < 4.78 is 2.32. The van der Waals surface area contributed by atoms with Crippen LogP contribution in [-0.4, -0.2) is 15.8 Å². The number of nitrogens with zero attached hydrogens (tertiary/aromatic N) is 3. The molecule has 1 aromatic heterocycles.